The summed E-state index contributed by atoms with van der Waals surface area (Å²) in [6.07, 6.45) is 0.918. The molecule has 0 aliphatic heterocycles. The Morgan fingerprint density at radius 1 is 1.21 bits per heavy atom. The lowest BCUT2D eigenvalue weighted by atomic mass is 10.0. The van der Waals surface area contributed by atoms with E-state index in [0.29, 0.717) is 0 Å². The molecule has 2 unspecified atom stereocenters. The van der Waals surface area contributed by atoms with Gasteiger partial charge in [0.25, 0.3) is 0 Å². The normalized spacial score (nSPS) is 14.2. The fraction of sp³-hybridized carbons (Fsp3) is 0.533. The summed E-state index contributed by atoms with van der Waals surface area (Å²) in [5.74, 6) is 0.0300. The van der Waals surface area contributed by atoms with Crippen LogP contribution in [-0.2, 0) is 4.79 Å². The molecule has 2 atom stereocenters. The fourth-order valence-electron chi connectivity index (χ4n) is 1.93. The van der Waals surface area contributed by atoms with Crippen LogP contribution in [0.2, 0.25) is 5.02 Å². The average Bonchev–Trinajstić information content (AvgIpc) is 2.36. The maximum Gasteiger partial charge on any atom is 0.237 e. The predicted octanol–water partition coefficient (Wildman–Crippen LogP) is 3.29. The molecular formula is C15H23ClN2O. The molecule has 1 amide bonds. The molecule has 0 aliphatic rings. The van der Waals surface area contributed by atoms with Crippen molar-refractivity contribution in [2.45, 2.75) is 52.2 Å². The Kier molecular flexibility index (Phi) is 6.32. The van der Waals surface area contributed by atoms with E-state index in [2.05, 4.69) is 17.6 Å². The molecule has 0 fully saturated rings. The highest BCUT2D eigenvalue weighted by Gasteiger charge is 2.18. The molecule has 0 aliphatic carbocycles. The summed E-state index contributed by atoms with van der Waals surface area (Å²) in [5, 5.41) is 6.99. The SMILES string of the molecule is CCC(NC(C)C(=O)NC(C)C)c1ccc(Cl)cc1. The molecule has 4 heteroatoms. The number of benzene rings is 1. The summed E-state index contributed by atoms with van der Waals surface area (Å²) < 4.78 is 0. The van der Waals surface area contributed by atoms with E-state index in [1.54, 1.807) is 0 Å². The summed E-state index contributed by atoms with van der Waals surface area (Å²) in [6, 6.07) is 7.84. The number of amides is 1. The van der Waals surface area contributed by atoms with Crippen LogP contribution in [0.25, 0.3) is 0 Å². The molecule has 0 aromatic heterocycles. The monoisotopic (exact) mass is 282 g/mol. The summed E-state index contributed by atoms with van der Waals surface area (Å²) in [5.41, 5.74) is 1.15. The van der Waals surface area contributed by atoms with Crippen LogP contribution in [0, 0.1) is 0 Å². The van der Waals surface area contributed by atoms with E-state index >= 15 is 0 Å². The molecule has 2 N–H and O–H groups in total. The highest BCUT2D eigenvalue weighted by molar-refractivity contribution is 6.30. The standard InChI is InChI=1S/C15H23ClN2O/c1-5-14(12-6-8-13(16)9-7-12)18-11(4)15(19)17-10(2)3/h6-11,14,18H,5H2,1-4H3,(H,17,19). The lowest BCUT2D eigenvalue weighted by Gasteiger charge is -2.23. The molecule has 0 radical (unpaired) electrons. The topological polar surface area (TPSA) is 41.1 Å². The Morgan fingerprint density at radius 2 is 1.79 bits per heavy atom. The van der Waals surface area contributed by atoms with Crippen LogP contribution < -0.4 is 10.6 Å². The van der Waals surface area contributed by atoms with Gasteiger partial charge in [-0.2, -0.15) is 0 Å². The number of nitrogens with one attached hydrogen (secondary N) is 2. The second-order valence-electron chi connectivity index (χ2n) is 5.06. The summed E-state index contributed by atoms with van der Waals surface area (Å²) in [6.45, 7) is 7.90. The molecule has 3 nitrogen and oxygen atoms in total. The van der Waals surface area contributed by atoms with E-state index in [-0.39, 0.29) is 24.0 Å². The highest BCUT2D eigenvalue weighted by Crippen LogP contribution is 2.19. The van der Waals surface area contributed by atoms with Crippen LogP contribution in [-0.4, -0.2) is 18.0 Å². The predicted molar refractivity (Wildman–Crippen MR) is 80.4 cm³/mol. The van der Waals surface area contributed by atoms with Gasteiger partial charge in [0, 0.05) is 17.1 Å². The first kappa shape index (κ1) is 16.0. The van der Waals surface area contributed by atoms with Crippen LogP contribution >= 0.6 is 11.6 Å². The van der Waals surface area contributed by atoms with Crippen molar-refractivity contribution in [3.63, 3.8) is 0 Å². The van der Waals surface area contributed by atoms with Crippen LogP contribution in [0.1, 0.15) is 45.7 Å². The molecule has 1 aromatic rings. The second kappa shape index (κ2) is 7.51. The van der Waals surface area contributed by atoms with Crippen LogP contribution in [0.4, 0.5) is 0 Å². The molecule has 106 valence electrons. The lowest BCUT2D eigenvalue weighted by Crippen LogP contribution is -2.45. The number of halogens is 1. The first-order valence-corrected chi connectivity index (χ1v) is 7.13. The van der Waals surface area contributed by atoms with Gasteiger partial charge >= 0.3 is 0 Å². The van der Waals surface area contributed by atoms with Crippen molar-refractivity contribution in [3.8, 4) is 0 Å². The van der Waals surface area contributed by atoms with Gasteiger partial charge in [-0.25, -0.2) is 0 Å². The number of carbonyl (C=O) groups excluding carboxylic acids is 1. The molecule has 0 bridgehead atoms. The zero-order valence-electron chi connectivity index (χ0n) is 12.0. The number of hydrogen-bond donors (Lipinski definition) is 2. The molecule has 1 rings (SSSR count). The lowest BCUT2D eigenvalue weighted by molar-refractivity contribution is -0.123. The van der Waals surface area contributed by atoms with Crippen molar-refractivity contribution in [3.05, 3.63) is 34.9 Å². The summed E-state index contributed by atoms with van der Waals surface area (Å²) >= 11 is 5.89. The van der Waals surface area contributed by atoms with Crippen LogP contribution in [0.15, 0.2) is 24.3 Å². The third-order valence-electron chi connectivity index (χ3n) is 2.96. The van der Waals surface area contributed by atoms with Gasteiger partial charge in [-0.15, -0.1) is 0 Å². The van der Waals surface area contributed by atoms with Crippen molar-refractivity contribution in [1.82, 2.24) is 10.6 Å². The Morgan fingerprint density at radius 3 is 2.26 bits per heavy atom. The number of rotatable bonds is 6. The quantitative estimate of drug-likeness (QED) is 0.841. The third-order valence-corrected chi connectivity index (χ3v) is 3.21. The molecule has 1 aromatic carbocycles. The van der Waals surface area contributed by atoms with Crippen molar-refractivity contribution in [2.24, 2.45) is 0 Å². The van der Waals surface area contributed by atoms with Crippen LogP contribution in [0.5, 0.6) is 0 Å². The van der Waals surface area contributed by atoms with E-state index in [1.807, 2.05) is 45.0 Å². The van der Waals surface area contributed by atoms with Gasteiger partial charge in [0.1, 0.15) is 0 Å². The summed E-state index contributed by atoms with van der Waals surface area (Å²) in [7, 11) is 0. The van der Waals surface area contributed by atoms with Gasteiger partial charge < -0.3 is 5.32 Å². The first-order chi connectivity index (χ1) is 8.93. The van der Waals surface area contributed by atoms with E-state index in [0.717, 1.165) is 17.0 Å². The smallest absolute Gasteiger partial charge is 0.237 e. The molecule has 0 spiro atoms. The zero-order valence-corrected chi connectivity index (χ0v) is 12.8. The minimum Gasteiger partial charge on any atom is -0.353 e. The minimum absolute atomic E-state index is 0.0300. The van der Waals surface area contributed by atoms with Gasteiger partial charge in [-0.3, -0.25) is 10.1 Å². The van der Waals surface area contributed by atoms with Gasteiger partial charge in [-0.05, 0) is 44.9 Å². The van der Waals surface area contributed by atoms with Gasteiger partial charge in [-0.1, -0.05) is 30.7 Å². The molecule has 0 saturated carbocycles. The van der Waals surface area contributed by atoms with Gasteiger partial charge in [0.2, 0.25) is 5.91 Å². The van der Waals surface area contributed by atoms with Crippen LogP contribution in [0.3, 0.4) is 0 Å². The maximum absolute atomic E-state index is 11.9. The number of hydrogen-bond acceptors (Lipinski definition) is 2. The molecule has 0 heterocycles. The Labute approximate surface area is 120 Å². The molecular weight excluding hydrogens is 260 g/mol. The Hall–Kier alpha value is -1.06. The fourth-order valence-corrected chi connectivity index (χ4v) is 2.06. The van der Waals surface area contributed by atoms with E-state index in [1.165, 1.54) is 0 Å². The maximum atomic E-state index is 11.9. The van der Waals surface area contributed by atoms with E-state index in [4.69, 9.17) is 11.6 Å². The van der Waals surface area contributed by atoms with Crippen molar-refractivity contribution >= 4 is 17.5 Å². The van der Waals surface area contributed by atoms with Crippen molar-refractivity contribution in [2.75, 3.05) is 0 Å². The number of carbonyl (C=O) groups is 1. The van der Waals surface area contributed by atoms with E-state index < -0.39 is 0 Å². The van der Waals surface area contributed by atoms with Gasteiger partial charge in [0.05, 0.1) is 6.04 Å². The Bertz CT molecular complexity index is 403. The summed E-state index contributed by atoms with van der Waals surface area (Å²) in [4.78, 5) is 11.9. The molecule has 0 saturated heterocycles. The highest BCUT2D eigenvalue weighted by atomic mass is 35.5. The Balaban J connectivity index is 2.66. The second-order valence-corrected chi connectivity index (χ2v) is 5.50. The van der Waals surface area contributed by atoms with Gasteiger partial charge in [0.15, 0.2) is 0 Å². The van der Waals surface area contributed by atoms with E-state index in [9.17, 15) is 4.79 Å². The minimum atomic E-state index is -0.219. The molecule has 19 heavy (non-hydrogen) atoms. The zero-order chi connectivity index (χ0) is 14.4. The van der Waals surface area contributed by atoms with Crippen molar-refractivity contribution < 1.29 is 4.79 Å². The third kappa shape index (κ3) is 5.21. The first-order valence-electron chi connectivity index (χ1n) is 6.76. The van der Waals surface area contributed by atoms with Crippen molar-refractivity contribution in [1.29, 1.82) is 0 Å². The average molecular weight is 283 g/mol. The largest absolute Gasteiger partial charge is 0.353 e.